The van der Waals surface area contributed by atoms with Crippen LogP contribution in [0, 0.1) is 0 Å². The van der Waals surface area contributed by atoms with E-state index in [4.69, 9.17) is 0 Å². The maximum atomic E-state index is 12.0. The molecule has 0 spiro atoms. The maximum Gasteiger partial charge on any atom is 0.228 e. The molecule has 0 aliphatic rings. The third-order valence-corrected chi connectivity index (χ3v) is 3.45. The van der Waals surface area contributed by atoms with Gasteiger partial charge in [-0.05, 0) is 35.9 Å². The van der Waals surface area contributed by atoms with Gasteiger partial charge in [0.15, 0.2) is 0 Å². The summed E-state index contributed by atoms with van der Waals surface area (Å²) in [6, 6.07) is 13.3. The molecule has 1 heterocycles. The number of benzene rings is 2. The van der Waals surface area contributed by atoms with Gasteiger partial charge in [0.2, 0.25) is 5.91 Å². The number of aromatic nitrogens is 2. The molecule has 0 radical (unpaired) electrons. The Morgan fingerprint density at radius 3 is 3.00 bits per heavy atom. The molecule has 0 atom stereocenters. The summed E-state index contributed by atoms with van der Waals surface area (Å²) in [5.74, 6) is -0.0398. The van der Waals surface area contributed by atoms with Crippen LogP contribution >= 0.6 is 15.9 Å². The highest BCUT2D eigenvalue weighted by Crippen LogP contribution is 2.16. The van der Waals surface area contributed by atoms with E-state index in [0.29, 0.717) is 6.42 Å². The second-order valence-corrected chi connectivity index (χ2v) is 5.41. The summed E-state index contributed by atoms with van der Waals surface area (Å²) >= 11 is 3.38. The van der Waals surface area contributed by atoms with Crippen LogP contribution in [0.3, 0.4) is 0 Å². The van der Waals surface area contributed by atoms with Gasteiger partial charge >= 0.3 is 0 Å². The molecule has 0 aliphatic carbocycles. The number of aromatic amines is 1. The molecule has 1 amide bonds. The normalized spacial score (nSPS) is 10.7. The predicted octanol–water partition coefficient (Wildman–Crippen LogP) is 3.51. The molecule has 100 valence electrons. The number of hydrogen-bond donors (Lipinski definition) is 2. The van der Waals surface area contributed by atoms with Gasteiger partial charge in [0.1, 0.15) is 0 Å². The third-order valence-electron chi connectivity index (χ3n) is 2.96. The Balaban J connectivity index is 1.72. The van der Waals surface area contributed by atoms with Gasteiger partial charge in [-0.1, -0.05) is 28.1 Å². The summed E-state index contributed by atoms with van der Waals surface area (Å²) in [6.45, 7) is 0. The number of imidazole rings is 1. The summed E-state index contributed by atoms with van der Waals surface area (Å²) in [7, 11) is 0. The van der Waals surface area contributed by atoms with E-state index in [-0.39, 0.29) is 5.91 Å². The zero-order valence-corrected chi connectivity index (χ0v) is 12.1. The Morgan fingerprint density at radius 1 is 1.25 bits per heavy atom. The van der Waals surface area contributed by atoms with Gasteiger partial charge in [-0.3, -0.25) is 4.79 Å². The number of anilines is 1. The van der Waals surface area contributed by atoms with Gasteiger partial charge in [-0.15, -0.1) is 0 Å². The van der Waals surface area contributed by atoms with Gasteiger partial charge in [-0.25, -0.2) is 4.98 Å². The van der Waals surface area contributed by atoms with E-state index >= 15 is 0 Å². The Morgan fingerprint density at radius 2 is 2.15 bits per heavy atom. The van der Waals surface area contributed by atoms with Crippen molar-refractivity contribution in [3.8, 4) is 0 Å². The first-order valence-corrected chi connectivity index (χ1v) is 6.97. The fourth-order valence-corrected chi connectivity index (χ4v) is 2.45. The van der Waals surface area contributed by atoms with Gasteiger partial charge < -0.3 is 10.3 Å². The summed E-state index contributed by atoms with van der Waals surface area (Å²) < 4.78 is 0.939. The molecule has 2 aromatic carbocycles. The standard InChI is InChI=1S/C15H12BrN3O/c16-11-2-1-3-12(8-11)19-15(20)7-10-4-5-13-14(6-10)18-9-17-13/h1-6,8-9H,7H2,(H,17,18)(H,19,20). The largest absolute Gasteiger partial charge is 0.345 e. The molecule has 0 bridgehead atoms. The second-order valence-electron chi connectivity index (χ2n) is 4.49. The Bertz CT molecular complexity index is 766. The van der Waals surface area contributed by atoms with E-state index in [1.807, 2.05) is 42.5 Å². The highest BCUT2D eigenvalue weighted by molar-refractivity contribution is 9.10. The summed E-state index contributed by atoms with van der Waals surface area (Å²) in [6.07, 6.45) is 1.98. The van der Waals surface area contributed by atoms with Crippen LogP contribution in [0.15, 0.2) is 53.3 Å². The van der Waals surface area contributed by atoms with E-state index in [0.717, 1.165) is 26.8 Å². The molecule has 3 rings (SSSR count). The van der Waals surface area contributed by atoms with Crippen LogP contribution < -0.4 is 5.32 Å². The first-order valence-electron chi connectivity index (χ1n) is 6.18. The number of halogens is 1. The number of nitrogens with one attached hydrogen (secondary N) is 2. The van der Waals surface area contributed by atoms with Crippen molar-refractivity contribution < 1.29 is 4.79 Å². The lowest BCUT2D eigenvalue weighted by molar-refractivity contribution is -0.115. The number of hydrogen-bond acceptors (Lipinski definition) is 2. The fraction of sp³-hybridized carbons (Fsp3) is 0.0667. The Hall–Kier alpha value is -2.14. The van der Waals surface area contributed by atoms with Crippen LogP contribution in [0.25, 0.3) is 11.0 Å². The van der Waals surface area contributed by atoms with E-state index in [1.54, 1.807) is 6.33 Å². The van der Waals surface area contributed by atoms with E-state index in [9.17, 15) is 4.79 Å². The number of rotatable bonds is 3. The van der Waals surface area contributed by atoms with Crippen molar-refractivity contribution in [3.05, 3.63) is 58.8 Å². The van der Waals surface area contributed by atoms with E-state index in [1.165, 1.54) is 0 Å². The lowest BCUT2D eigenvalue weighted by Crippen LogP contribution is -2.14. The van der Waals surface area contributed by atoms with Crippen LogP contribution in [0.2, 0.25) is 0 Å². The van der Waals surface area contributed by atoms with Crippen molar-refractivity contribution in [1.82, 2.24) is 9.97 Å². The van der Waals surface area contributed by atoms with Crippen LogP contribution in [-0.2, 0) is 11.2 Å². The van der Waals surface area contributed by atoms with Gasteiger partial charge in [0, 0.05) is 10.2 Å². The summed E-state index contributed by atoms with van der Waals surface area (Å²) in [5.41, 5.74) is 3.58. The SMILES string of the molecule is O=C(Cc1ccc2nc[nH]c2c1)Nc1cccc(Br)c1. The maximum absolute atomic E-state index is 12.0. The molecule has 1 aromatic heterocycles. The highest BCUT2D eigenvalue weighted by Gasteiger charge is 2.06. The molecule has 3 aromatic rings. The number of amides is 1. The van der Waals surface area contributed by atoms with Crippen LogP contribution in [-0.4, -0.2) is 15.9 Å². The van der Waals surface area contributed by atoms with Crippen molar-refractivity contribution in [1.29, 1.82) is 0 Å². The number of H-pyrrole nitrogens is 1. The zero-order valence-electron chi connectivity index (χ0n) is 10.6. The first-order chi connectivity index (χ1) is 9.70. The Labute approximate surface area is 124 Å². The van der Waals surface area contributed by atoms with Crippen LogP contribution in [0.4, 0.5) is 5.69 Å². The van der Waals surface area contributed by atoms with Crippen molar-refractivity contribution in [2.45, 2.75) is 6.42 Å². The molecule has 0 saturated carbocycles. The van der Waals surface area contributed by atoms with Crippen molar-refractivity contribution in [3.63, 3.8) is 0 Å². The minimum atomic E-state index is -0.0398. The molecule has 0 fully saturated rings. The number of fused-ring (bicyclic) bond motifs is 1. The number of nitrogens with zero attached hydrogens (tertiary/aromatic N) is 1. The lowest BCUT2D eigenvalue weighted by Gasteiger charge is -2.05. The van der Waals surface area contributed by atoms with Crippen molar-refractivity contribution >= 4 is 38.6 Å². The minimum Gasteiger partial charge on any atom is -0.345 e. The van der Waals surface area contributed by atoms with Crippen molar-refractivity contribution in [2.24, 2.45) is 0 Å². The summed E-state index contributed by atoms with van der Waals surface area (Å²) in [4.78, 5) is 19.2. The highest BCUT2D eigenvalue weighted by atomic mass is 79.9. The molecular weight excluding hydrogens is 318 g/mol. The number of carbonyl (C=O) groups excluding carboxylic acids is 1. The van der Waals surface area contributed by atoms with E-state index < -0.39 is 0 Å². The predicted molar refractivity (Wildman–Crippen MR) is 82.6 cm³/mol. The quantitative estimate of drug-likeness (QED) is 0.772. The fourth-order valence-electron chi connectivity index (χ4n) is 2.05. The van der Waals surface area contributed by atoms with Gasteiger partial charge in [-0.2, -0.15) is 0 Å². The van der Waals surface area contributed by atoms with Crippen LogP contribution in [0.5, 0.6) is 0 Å². The van der Waals surface area contributed by atoms with Gasteiger partial charge in [0.25, 0.3) is 0 Å². The molecular formula is C15H12BrN3O. The smallest absolute Gasteiger partial charge is 0.228 e. The molecule has 0 unspecified atom stereocenters. The number of carbonyl (C=O) groups is 1. The topological polar surface area (TPSA) is 57.8 Å². The Kier molecular flexibility index (Phi) is 3.52. The average molecular weight is 330 g/mol. The molecule has 20 heavy (non-hydrogen) atoms. The van der Waals surface area contributed by atoms with E-state index in [2.05, 4.69) is 31.2 Å². The zero-order chi connectivity index (χ0) is 13.9. The third kappa shape index (κ3) is 2.88. The molecule has 4 nitrogen and oxygen atoms in total. The van der Waals surface area contributed by atoms with Crippen molar-refractivity contribution in [2.75, 3.05) is 5.32 Å². The molecule has 0 saturated heterocycles. The average Bonchev–Trinajstić information content (AvgIpc) is 2.86. The lowest BCUT2D eigenvalue weighted by atomic mass is 10.1. The minimum absolute atomic E-state index is 0.0398. The monoisotopic (exact) mass is 329 g/mol. The van der Waals surface area contributed by atoms with Crippen LogP contribution in [0.1, 0.15) is 5.56 Å². The first kappa shape index (κ1) is 12.9. The molecule has 2 N–H and O–H groups in total. The van der Waals surface area contributed by atoms with Gasteiger partial charge in [0.05, 0.1) is 23.8 Å². The molecule has 5 heteroatoms. The molecule has 0 aliphatic heterocycles. The summed E-state index contributed by atoms with van der Waals surface area (Å²) in [5, 5.41) is 2.88. The second kappa shape index (κ2) is 5.46.